The quantitative estimate of drug-likeness (QED) is 0.817. The minimum atomic E-state index is 0.282. The van der Waals surface area contributed by atoms with Gasteiger partial charge < -0.3 is 4.74 Å². The van der Waals surface area contributed by atoms with Crippen LogP contribution in [-0.2, 0) is 11.3 Å². The standard InChI is InChI=1S/C13H17Cl2NO/c1-9-6-16(7-10(2)17-9)8-11-3-4-12(14)5-13(11)15/h3-5,9-10H,6-8H2,1-2H3/t9-,10-/m0/s1. The second kappa shape index (κ2) is 5.57. The second-order valence-electron chi connectivity index (χ2n) is 4.69. The molecule has 1 fully saturated rings. The van der Waals surface area contributed by atoms with Gasteiger partial charge in [0.1, 0.15) is 0 Å². The molecule has 2 rings (SSSR count). The second-order valence-corrected chi connectivity index (χ2v) is 5.53. The maximum atomic E-state index is 6.18. The number of hydrogen-bond acceptors (Lipinski definition) is 2. The zero-order chi connectivity index (χ0) is 12.4. The van der Waals surface area contributed by atoms with E-state index in [1.807, 2.05) is 12.1 Å². The molecule has 0 aliphatic carbocycles. The van der Waals surface area contributed by atoms with Gasteiger partial charge in [0, 0.05) is 29.7 Å². The van der Waals surface area contributed by atoms with E-state index in [4.69, 9.17) is 27.9 Å². The van der Waals surface area contributed by atoms with E-state index >= 15 is 0 Å². The Balaban J connectivity index is 2.04. The lowest BCUT2D eigenvalue weighted by Gasteiger charge is -2.35. The van der Waals surface area contributed by atoms with E-state index in [0.29, 0.717) is 5.02 Å². The molecule has 0 aromatic heterocycles. The molecule has 0 unspecified atom stereocenters. The van der Waals surface area contributed by atoms with E-state index in [1.165, 1.54) is 0 Å². The fourth-order valence-electron chi connectivity index (χ4n) is 2.30. The van der Waals surface area contributed by atoms with Crippen molar-refractivity contribution in [3.8, 4) is 0 Å². The first kappa shape index (κ1) is 13.2. The van der Waals surface area contributed by atoms with Crippen molar-refractivity contribution in [2.24, 2.45) is 0 Å². The van der Waals surface area contributed by atoms with Crippen molar-refractivity contribution in [3.05, 3.63) is 33.8 Å². The van der Waals surface area contributed by atoms with Gasteiger partial charge in [-0.15, -0.1) is 0 Å². The van der Waals surface area contributed by atoms with Crippen LogP contribution in [-0.4, -0.2) is 30.2 Å². The smallest absolute Gasteiger partial charge is 0.0678 e. The van der Waals surface area contributed by atoms with Gasteiger partial charge in [-0.25, -0.2) is 0 Å². The monoisotopic (exact) mass is 273 g/mol. The third kappa shape index (κ3) is 3.59. The minimum Gasteiger partial charge on any atom is -0.373 e. The summed E-state index contributed by atoms with van der Waals surface area (Å²) in [7, 11) is 0. The van der Waals surface area contributed by atoms with Crippen LogP contribution in [0.25, 0.3) is 0 Å². The van der Waals surface area contributed by atoms with Crippen molar-refractivity contribution in [2.75, 3.05) is 13.1 Å². The van der Waals surface area contributed by atoms with Gasteiger partial charge in [-0.2, -0.15) is 0 Å². The van der Waals surface area contributed by atoms with Gasteiger partial charge in [-0.1, -0.05) is 29.3 Å². The van der Waals surface area contributed by atoms with E-state index in [9.17, 15) is 0 Å². The Morgan fingerprint density at radius 2 is 1.88 bits per heavy atom. The number of ether oxygens (including phenoxy) is 1. The highest BCUT2D eigenvalue weighted by molar-refractivity contribution is 6.35. The average Bonchev–Trinajstić information content (AvgIpc) is 2.21. The summed E-state index contributed by atoms with van der Waals surface area (Å²) in [4.78, 5) is 2.37. The first-order valence-electron chi connectivity index (χ1n) is 5.86. The van der Waals surface area contributed by atoms with Gasteiger partial charge in [0.25, 0.3) is 0 Å². The molecule has 0 radical (unpaired) electrons. The van der Waals surface area contributed by atoms with Gasteiger partial charge in [0.15, 0.2) is 0 Å². The minimum absolute atomic E-state index is 0.282. The van der Waals surface area contributed by atoms with Gasteiger partial charge in [0.2, 0.25) is 0 Å². The molecule has 0 saturated carbocycles. The first-order chi connectivity index (χ1) is 8.04. The lowest BCUT2D eigenvalue weighted by Crippen LogP contribution is -2.44. The van der Waals surface area contributed by atoms with E-state index in [-0.39, 0.29) is 12.2 Å². The number of hydrogen-bond donors (Lipinski definition) is 0. The van der Waals surface area contributed by atoms with E-state index < -0.39 is 0 Å². The van der Waals surface area contributed by atoms with Crippen LogP contribution < -0.4 is 0 Å². The van der Waals surface area contributed by atoms with Crippen LogP contribution in [0, 0.1) is 0 Å². The largest absolute Gasteiger partial charge is 0.373 e. The highest BCUT2D eigenvalue weighted by Gasteiger charge is 2.22. The van der Waals surface area contributed by atoms with Crippen molar-refractivity contribution in [2.45, 2.75) is 32.6 Å². The number of nitrogens with zero attached hydrogens (tertiary/aromatic N) is 1. The molecule has 1 aromatic rings. The van der Waals surface area contributed by atoms with E-state index in [0.717, 1.165) is 30.2 Å². The molecular weight excluding hydrogens is 257 g/mol. The van der Waals surface area contributed by atoms with Crippen LogP contribution in [0.2, 0.25) is 10.0 Å². The van der Waals surface area contributed by atoms with Crippen LogP contribution in [0.4, 0.5) is 0 Å². The fraction of sp³-hybridized carbons (Fsp3) is 0.538. The van der Waals surface area contributed by atoms with Gasteiger partial charge in [0.05, 0.1) is 12.2 Å². The molecule has 1 aliphatic heterocycles. The molecule has 1 aliphatic rings. The highest BCUT2D eigenvalue weighted by Crippen LogP contribution is 2.23. The van der Waals surface area contributed by atoms with Crippen LogP contribution in [0.15, 0.2) is 18.2 Å². The molecule has 0 bridgehead atoms. The number of morpholine rings is 1. The maximum absolute atomic E-state index is 6.18. The summed E-state index contributed by atoms with van der Waals surface area (Å²) < 4.78 is 5.71. The Kier molecular flexibility index (Phi) is 4.31. The van der Waals surface area contributed by atoms with Crippen LogP contribution >= 0.6 is 23.2 Å². The molecule has 0 amide bonds. The summed E-state index contributed by atoms with van der Waals surface area (Å²) in [6.45, 7) is 6.96. The molecule has 17 heavy (non-hydrogen) atoms. The highest BCUT2D eigenvalue weighted by atomic mass is 35.5. The van der Waals surface area contributed by atoms with Gasteiger partial charge >= 0.3 is 0 Å². The molecule has 0 N–H and O–H groups in total. The Morgan fingerprint density at radius 1 is 1.24 bits per heavy atom. The lowest BCUT2D eigenvalue weighted by molar-refractivity contribution is -0.0704. The molecule has 1 aromatic carbocycles. The molecule has 94 valence electrons. The number of benzene rings is 1. The van der Waals surface area contributed by atoms with Crippen molar-refractivity contribution >= 4 is 23.2 Å². The lowest BCUT2D eigenvalue weighted by atomic mass is 10.1. The third-order valence-electron chi connectivity index (χ3n) is 2.90. The summed E-state index contributed by atoms with van der Waals surface area (Å²) in [5, 5.41) is 1.42. The van der Waals surface area contributed by atoms with E-state index in [1.54, 1.807) is 6.07 Å². The Labute approximate surface area is 112 Å². The van der Waals surface area contributed by atoms with Crippen LogP contribution in [0.5, 0.6) is 0 Å². The van der Waals surface area contributed by atoms with Gasteiger partial charge in [-0.05, 0) is 31.5 Å². The van der Waals surface area contributed by atoms with Crippen molar-refractivity contribution in [3.63, 3.8) is 0 Å². The first-order valence-corrected chi connectivity index (χ1v) is 6.62. The zero-order valence-corrected chi connectivity index (χ0v) is 11.6. The predicted molar refractivity (Wildman–Crippen MR) is 71.7 cm³/mol. The normalized spacial score (nSPS) is 26.1. The molecular formula is C13H17Cl2NO. The SMILES string of the molecule is C[C@H]1CN(Cc2ccc(Cl)cc2Cl)C[C@H](C)O1. The fourth-order valence-corrected chi connectivity index (χ4v) is 2.77. The zero-order valence-electron chi connectivity index (χ0n) is 10.1. The van der Waals surface area contributed by atoms with Crippen LogP contribution in [0.3, 0.4) is 0 Å². The summed E-state index contributed by atoms with van der Waals surface area (Å²) in [5.41, 5.74) is 1.12. The number of rotatable bonds is 2. The summed E-state index contributed by atoms with van der Waals surface area (Å²) in [5.74, 6) is 0. The summed E-state index contributed by atoms with van der Waals surface area (Å²) in [6.07, 6.45) is 0.564. The predicted octanol–water partition coefficient (Wildman–Crippen LogP) is 3.60. The molecule has 0 spiro atoms. The van der Waals surface area contributed by atoms with Crippen molar-refractivity contribution in [1.82, 2.24) is 4.90 Å². The van der Waals surface area contributed by atoms with Crippen LogP contribution in [0.1, 0.15) is 19.4 Å². The van der Waals surface area contributed by atoms with Gasteiger partial charge in [-0.3, -0.25) is 4.90 Å². The Hall–Kier alpha value is -0.280. The van der Waals surface area contributed by atoms with Crippen molar-refractivity contribution < 1.29 is 4.74 Å². The summed E-state index contributed by atoms with van der Waals surface area (Å²) in [6, 6.07) is 5.68. The third-order valence-corrected chi connectivity index (χ3v) is 3.49. The number of halogens is 2. The van der Waals surface area contributed by atoms with Crippen molar-refractivity contribution in [1.29, 1.82) is 0 Å². The summed E-state index contributed by atoms with van der Waals surface area (Å²) >= 11 is 12.1. The molecule has 4 heteroatoms. The van der Waals surface area contributed by atoms with E-state index in [2.05, 4.69) is 18.7 Å². The molecule has 2 nitrogen and oxygen atoms in total. The average molecular weight is 274 g/mol. The topological polar surface area (TPSA) is 12.5 Å². The molecule has 1 saturated heterocycles. The maximum Gasteiger partial charge on any atom is 0.0678 e. The Bertz CT molecular complexity index is 387. The molecule has 1 heterocycles. The molecule has 2 atom stereocenters. The Morgan fingerprint density at radius 3 is 2.47 bits per heavy atom.